The molecule has 0 unspecified atom stereocenters. The smallest absolute Gasteiger partial charge is 0.0314 e. The average molecular weight is 409 g/mol. The van der Waals surface area contributed by atoms with Gasteiger partial charge in [-0.2, -0.15) is 0 Å². The summed E-state index contributed by atoms with van der Waals surface area (Å²) in [7, 11) is 0. The summed E-state index contributed by atoms with van der Waals surface area (Å²) < 4.78 is 0. The molecule has 0 aliphatic carbocycles. The first kappa shape index (κ1) is 15.7. The van der Waals surface area contributed by atoms with Crippen molar-refractivity contribution in [3.05, 3.63) is 59.7 Å². The summed E-state index contributed by atoms with van der Waals surface area (Å²) in [5, 5.41) is 0. The third-order valence-corrected chi connectivity index (χ3v) is 2.15. The molecule has 2 aromatic rings. The number of nitrogen functional groups attached to an aromatic ring is 2. The Morgan fingerprint density at radius 3 is 1.00 bits per heavy atom. The van der Waals surface area contributed by atoms with Crippen LogP contribution >= 0.6 is 0 Å². The maximum absolute atomic E-state index is 5.43. The standard InChI is InChI=1S/2C7H9N.Pt/c2*1-6-2-4-7(8)5-3-6;/h2*2-5H,8H2,1H3;. The molecule has 0 fully saturated rings. The molecule has 94 valence electrons. The van der Waals surface area contributed by atoms with Crippen molar-refractivity contribution >= 4 is 11.4 Å². The zero-order valence-electron chi connectivity index (χ0n) is 10.1. The van der Waals surface area contributed by atoms with E-state index in [9.17, 15) is 0 Å². The molecule has 0 amide bonds. The predicted octanol–water partition coefficient (Wildman–Crippen LogP) is 3.15. The number of anilines is 2. The minimum absolute atomic E-state index is 0. The molecule has 3 heteroatoms. The van der Waals surface area contributed by atoms with Crippen LogP contribution in [0.5, 0.6) is 0 Å². The van der Waals surface area contributed by atoms with E-state index in [1.54, 1.807) is 0 Å². The van der Waals surface area contributed by atoms with Gasteiger partial charge in [0.2, 0.25) is 0 Å². The average Bonchev–Trinajstić information content (AvgIpc) is 2.28. The van der Waals surface area contributed by atoms with E-state index in [2.05, 4.69) is 0 Å². The summed E-state index contributed by atoms with van der Waals surface area (Å²) in [5.41, 5.74) is 15.0. The second kappa shape index (κ2) is 7.91. The number of hydrogen-bond acceptors (Lipinski definition) is 2. The van der Waals surface area contributed by atoms with Gasteiger partial charge >= 0.3 is 0 Å². The van der Waals surface area contributed by atoms with E-state index in [1.165, 1.54) is 11.1 Å². The molecule has 0 spiro atoms. The summed E-state index contributed by atoms with van der Waals surface area (Å²) in [6.07, 6.45) is 0. The zero-order valence-corrected chi connectivity index (χ0v) is 12.4. The normalized spacial score (nSPS) is 8.59. The van der Waals surface area contributed by atoms with E-state index in [-0.39, 0.29) is 21.1 Å². The van der Waals surface area contributed by atoms with Crippen molar-refractivity contribution in [2.24, 2.45) is 0 Å². The molecule has 0 aromatic heterocycles. The fraction of sp³-hybridized carbons (Fsp3) is 0.143. The van der Waals surface area contributed by atoms with Gasteiger partial charge in [0.25, 0.3) is 0 Å². The van der Waals surface area contributed by atoms with E-state index in [0.717, 1.165) is 11.4 Å². The fourth-order valence-electron chi connectivity index (χ4n) is 1.13. The Balaban J connectivity index is 0.000000284. The zero-order chi connectivity index (χ0) is 12.0. The Morgan fingerprint density at radius 1 is 0.588 bits per heavy atom. The molecule has 0 aliphatic rings. The van der Waals surface area contributed by atoms with Gasteiger partial charge in [0, 0.05) is 32.4 Å². The van der Waals surface area contributed by atoms with E-state index >= 15 is 0 Å². The number of aryl methyl sites for hydroxylation is 2. The largest absolute Gasteiger partial charge is 0.399 e. The molecule has 0 heterocycles. The van der Waals surface area contributed by atoms with Gasteiger partial charge in [0.05, 0.1) is 0 Å². The Morgan fingerprint density at radius 2 is 0.824 bits per heavy atom. The summed E-state index contributed by atoms with van der Waals surface area (Å²) in [4.78, 5) is 0. The third-order valence-electron chi connectivity index (χ3n) is 2.15. The van der Waals surface area contributed by atoms with Crippen molar-refractivity contribution in [3.8, 4) is 0 Å². The van der Waals surface area contributed by atoms with Gasteiger partial charge in [-0.15, -0.1) is 0 Å². The number of benzene rings is 2. The molecule has 2 aromatic carbocycles. The minimum atomic E-state index is 0. The van der Waals surface area contributed by atoms with Gasteiger partial charge < -0.3 is 11.5 Å². The number of hydrogen-bond donors (Lipinski definition) is 2. The third kappa shape index (κ3) is 6.80. The Kier molecular flexibility index (Phi) is 7.32. The van der Waals surface area contributed by atoms with E-state index < -0.39 is 0 Å². The Hall–Kier alpha value is -1.27. The molecule has 0 aliphatic heterocycles. The van der Waals surface area contributed by atoms with Crippen molar-refractivity contribution in [3.63, 3.8) is 0 Å². The molecule has 0 bridgehead atoms. The molecule has 0 atom stereocenters. The van der Waals surface area contributed by atoms with E-state index in [4.69, 9.17) is 11.5 Å². The topological polar surface area (TPSA) is 52.0 Å². The molecule has 0 saturated carbocycles. The van der Waals surface area contributed by atoms with Crippen LogP contribution in [0.2, 0.25) is 0 Å². The maximum atomic E-state index is 5.43. The summed E-state index contributed by atoms with van der Waals surface area (Å²) in [6, 6.07) is 15.6. The number of nitrogens with two attached hydrogens (primary N) is 2. The molecule has 4 N–H and O–H groups in total. The van der Waals surface area contributed by atoms with Gasteiger partial charge in [-0.3, -0.25) is 0 Å². The van der Waals surface area contributed by atoms with Crippen LogP contribution in [0.25, 0.3) is 0 Å². The van der Waals surface area contributed by atoms with Crippen LogP contribution in [0, 0.1) is 13.8 Å². The Labute approximate surface area is 117 Å². The molecule has 2 rings (SSSR count). The first-order valence-electron chi connectivity index (χ1n) is 5.22. The fourth-order valence-corrected chi connectivity index (χ4v) is 1.13. The first-order valence-corrected chi connectivity index (χ1v) is 5.22. The SMILES string of the molecule is Cc1ccc(N)cc1.Cc1ccc(N)cc1.[Pt]. The van der Waals surface area contributed by atoms with Crippen molar-refractivity contribution in [1.82, 2.24) is 0 Å². The molecule has 17 heavy (non-hydrogen) atoms. The quantitative estimate of drug-likeness (QED) is 0.657. The monoisotopic (exact) mass is 409 g/mol. The summed E-state index contributed by atoms with van der Waals surface area (Å²) in [5.74, 6) is 0. The summed E-state index contributed by atoms with van der Waals surface area (Å²) in [6.45, 7) is 4.08. The van der Waals surface area contributed by atoms with Crippen molar-refractivity contribution in [2.45, 2.75) is 13.8 Å². The summed E-state index contributed by atoms with van der Waals surface area (Å²) >= 11 is 0. The van der Waals surface area contributed by atoms with Crippen LogP contribution in [0.1, 0.15) is 11.1 Å². The molecule has 0 radical (unpaired) electrons. The first-order chi connectivity index (χ1) is 7.58. The minimum Gasteiger partial charge on any atom is -0.399 e. The van der Waals surface area contributed by atoms with Gasteiger partial charge in [-0.05, 0) is 38.1 Å². The van der Waals surface area contributed by atoms with Gasteiger partial charge in [-0.1, -0.05) is 35.4 Å². The Bertz CT molecular complexity index is 335. The van der Waals surface area contributed by atoms with Crippen LogP contribution in [0.3, 0.4) is 0 Å². The molecular formula is C14H18N2Pt. The van der Waals surface area contributed by atoms with Gasteiger partial charge in [0.15, 0.2) is 0 Å². The second-order valence-corrected chi connectivity index (χ2v) is 3.82. The molecular weight excluding hydrogens is 391 g/mol. The van der Waals surface area contributed by atoms with E-state index in [1.807, 2.05) is 62.4 Å². The van der Waals surface area contributed by atoms with Gasteiger partial charge in [-0.25, -0.2) is 0 Å². The maximum Gasteiger partial charge on any atom is 0.0314 e. The second-order valence-electron chi connectivity index (χ2n) is 3.82. The molecule has 0 saturated heterocycles. The van der Waals surface area contributed by atoms with Crippen LogP contribution in [-0.2, 0) is 21.1 Å². The van der Waals surface area contributed by atoms with Crippen LogP contribution in [0.15, 0.2) is 48.5 Å². The van der Waals surface area contributed by atoms with Crippen molar-refractivity contribution in [1.29, 1.82) is 0 Å². The molecule has 2 nitrogen and oxygen atoms in total. The van der Waals surface area contributed by atoms with Crippen LogP contribution < -0.4 is 11.5 Å². The number of rotatable bonds is 0. The van der Waals surface area contributed by atoms with Crippen molar-refractivity contribution in [2.75, 3.05) is 11.5 Å². The van der Waals surface area contributed by atoms with Crippen LogP contribution in [-0.4, -0.2) is 0 Å². The van der Waals surface area contributed by atoms with Gasteiger partial charge in [0.1, 0.15) is 0 Å². The predicted molar refractivity (Wildman–Crippen MR) is 71.2 cm³/mol. The van der Waals surface area contributed by atoms with Crippen LogP contribution in [0.4, 0.5) is 11.4 Å². The van der Waals surface area contributed by atoms with Crippen molar-refractivity contribution < 1.29 is 21.1 Å². The van der Waals surface area contributed by atoms with E-state index in [0.29, 0.717) is 0 Å².